The van der Waals surface area contributed by atoms with Crippen LogP contribution < -0.4 is 0 Å². The molecule has 0 saturated heterocycles. The average Bonchev–Trinajstić information content (AvgIpc) is 3.28. The minimum atomic E-state index is -0.397. The van der Waals surface area contributed by atoms with Crippen LogP contribution in [0.4, 0.5) is 4.79 Å². The Morgan fingerprint density at radius 2 is 1.21 bits per heavy atom. The van der Waals surface area contributed by atoms with E-state index in [2.05, 4.69) is 41.4 Å². The first-order valence-corrected chi connectivity index (χ1v) is 11.4. The summed E-state index contributed by atoms with van der Waals surface area (Å²) in [5.74, 6) is 0. The molecule has 4 heteroatoms. The van der Waals surface area contributed by atoms with Gasteiger partial charge in [-0.3, -0.25) is 0 Å². The lowest BCUT2D eigenvalue weighted by Crippen LogP contribution is -2.41. The first-order chi connectivity index (χ1) is 16.8. The highest BCUT2D eigenvalue weighted by atomic mass is 16.6. The Labute approximate surface area is 200 Å². The first kappa shape index (κ1) is 21.7. The lowest BCUT2D eigenvalue weighted by atomic mass is 9.94. The Morgan fingerprint density at radius 1 is 0.676 bits per heavy atom. The fourth-order valence-corrected chi connectivity index (χ4v) is 4.29. The van der Waals surface area contributed by atoms with Crippen molar-refractivity contribution in [2.75, 3.05) is 0 Å². The quantitative estimate of drug-likeness (QED) is 0.325. The summed E-state index contributed by atoms with van der Waals surface area (Å²) in [6.07, 6.45) is 1.52. The fraction of sp³-hybridized carbons (Fsp3) is 0.100. The number of nitrogens with zero attached hydrogens (tertiary/aromatic N) is 2. The summed E-state index contributed by atoms with van der Waals surface area (Å²) >= 11 is 0. The van der Waals surface area contributed by atoms with Crippen LogP contribution in [0.25, 0.3) is 5.57 Å². The zero-order valence-corrected chi connectivity index (χ0v) is 18.8. The van der Waals surface area contributed by atoms with Gasteiger partial charge in [-0.25, -0.2) is 9.80 Å². The molecule has 1 aliphatic heterocycles. The standard InChI is InChI=1S/C30H26N2O2/c33-30(34-23-25-15-7-2-8-16-25)32-22-28(26-17-9-3-10-18-26)29(27-19-11-4-12-20-27)31(32)21-24-13-5-1-6-14-24/h1-20,22,29H,21,23H2/t29-/m1/s1. The maximum absolute atomic E-state index is 13.4. The molecule has 4 aromatic rings. The van der Waals surface area contributed by atoms with Crippen LogP contribution in [-0.2, 0) is 17.9 Å². The van der Waals surface area contributed by atoms with E-state index in [-0.39, 0.29) is 12.6 Å². The van der Waals surface area contributed by atoms with Gasteiger partial charge in [0.15, 0.2) is 0 Å². The van der Waals surface area contributed by atoms with Gasteiger partial charge < -0.3 is 4.74 Å². The largest absolute Gasteiger partial charge is 0.443 e. The van der Waals surface area contributed by atoms with Crippen LogP contribution in [-0.4, -0.2) is 16.1 Å². The summed E-state index contributed by atoms with van der Waals surface area (Å²) in [4.78, 5) is 13.4. The molecular formula is C30H26N2O2. The zero-order chi connectivity index (χ0) is 23.2. The van der Waals surface area contributed by atoms with Gasteiger partial charge in [0.25, 0.3) is 0 Å². The number of rotatable bonds is 6. The van der Waals surface area contributed by atoms with Crippen LogP contribution in [0.5, 0.6) is 0 Å². The first-order valence-electron chi connectivity index (χ1n) is 11.4. The molecule has 1 heterocycles. The van der Waals surface area contributed by atoms with E-state index in [1.165, 1.54) is 0 Å². The highest BCUT2D eigenvalue weighted by Gasteiger charge is 2.38. The summed E-state index contributed by atoms with van der Waals surface area (Å²) in [6, 6.07) is 40.3. The van der Waals surface area contributed by atoms with E-state index >= 15 is 0 Å². The van der Waals surface area contributed by atoms with Gasteiger partial charge >= 0.3 is 6.09 Å². The second-order valence-corrected chi connectivity index (χ2v) is 8.23. The molecule has 168 valence electrons. The molecule has 5 rings (SSSR count). The van der Waals surface area contributed by atoms with Crippen molar-refractivity contribution >= 4 is 11.7 Å². The molecule has 0 N–H and O–H groups in total. The van der Waals surface area contributed by atoms with Gasteiger partial charge in [-0.1, -0.05) is 121 Å². The Morgan fingerprint density at radius 3 is 1.82 bits per heavy atom. The van der Waals surface area contributed by atoms with Gasteiger partial charge in [-0.05, 0) is 22.3 Å². The van der Waals surface area contributed by atoms with Gasteiger partial charge in [-0.2, -0.15) is 5.01 Å². The van der Waals surface area contributed by atoms with E-state index in [0.717, 1.165) is 27.8 Å². The third-order valence-electron chi connectivity index (χ3n) is 5.93. The highest BCUT2D eigenvalue weighted by molar-refractivity contribution is 5.79. The molecule has 0 aromatic heterocycles. The van der Waals surface area contributed by atoms with Gasteiger partial charge in [0.1, 0.15) is 6.61 Å². The van der Waals surface area contributed by atoms with Gasteiger partial charge in [0.05, 0.1) is 6.04 Å². The Balaban J connectivity index is 1.52. The molecule has 0 unspecified atom stereocenters. The molecule has 0 aliphatic carbocycles. The Hall–Kier alpha value is -4.15. The van der Waals surface area contributed by atoms with E-state index < -0.39 is 6.09 Å². The smallest absolute Gasteiger partial charge is 0.429 e. The lowest BCUT2D eigenvalue weighted by Gasteiger charge is -2.32. The number of hydrogen-bond donors (Lipinski definition) is 0. The number of hydrazine groups is 1. The van der Waals surface area contributed by atoms with Crippen LogP contribution in [0.2, 0.25) is 0 Å². The molecular weight excluding hydrogens is 420 g/mol. The summed E-state index contributed by atoms with van der Waals surface area (Å²) in [6.45, 7) is 0.785. The predicted molar refractivity (Wildman–Crippen MR) is 134 cm³/mol. The van der Waals surface area contributed by atoms with Crippen LogP contribution >= 0.6 is 0 Å². The van der Waals surface area contributed by atoms with E-state index in [1.54, 1.807) is 5.01 Å². The second kappa shape index (κ2) is 10.2. The minimum absolute atomic E-state index is 0.131. The number of ether oxygens (including phenoxy) is 1. The van der Waals surface area contributed by atoms with Crippen LogP contribution in [0.1, 0.15) is 28.3 Å². The normalized spacial score (nSPS) is 15.7. The summed E-state index contributed by atoms with van der Waals surface area (Å²) in [5, 5.41) is 3.72. The van der Waals surface area contributed by atoms with Crippen molar-refractivity contribution in [1.82, 2.24) is 10.0 Å². The molecule has 34 heavy (non-hydrogen) atoms. The Bertz CT molecular complexity index is 1240. The molecule has 0 bridgehead atoms. The van der Waals surface area contributed by atoms with Crippen LogP contribution in [0.3, 0.4) is 0 Å². The molecule has 0 radical (unpaired) electrons. The number of carbonyl (C=O) groups excluding carboxylic acids is 1. The van der Waals surface area contributed by atoms with Gasteiger partial charge in [0.2, 0.25) is 0 Å². The highest BCUT2D eigenvalue weighted by Crippen LogP contribution is 2.42. The van der Waals surface area contributed by atoms with Crippen molar-refractivity contribution in [3.05, 3.63) is 150 Å². The average molecular weight is 447 g/mol. The van der Waals surface area contributed by atoms with Crippen molar-refractivity contribution in [2.24, 2.45) is 0 Å². The van der Waals surface area contributed by atoms with E-state index in [4.69, 9.17) is 4.74 Å². The molecule has 1 aliphatic rings. The number of amides is 1. The van der Waals surface area contributed by atoms with Gasteiger partial charge in [-0.15, -0.1) is 0 Å². The van der Waals surface area contributed by atoms with Crippen molar-refractivity contribution in [3.8, 4) is 0 Å². The summed E-state index contributed by atoms with van der Waals surface area (Å²) in [5.41, 5.74) is 5.32. The minimum Gasteiger partial charge on any atom is -0.443 e. The molecule has 4 aromatic carbocycles. The second-order valence-electron chi connectivity index (χ2n) is 8.23. The van der Waals surface area contributed by atoms with E-state index in [9.17, 15) is 4.79 Å². The predicted octanol–water partition coefficient (Wildman–Crippen LogP) is 6.84. The number of hydrogen-bond acceptors (Lipinski definition) is 3. The van der Waals surface area contributed by atoms with E-state index in [1.807, 2.05) is 91.1 Å². The SMILES string of the molecule is O=C(OCc1ccccc1)N1C=C(c2ccccc2)[C@@H](c2ccccc2)N1Cc1ccccc1. The molecule has 0 fully saturated rings. The summed E-state index contributed by atoms with van der Waals surface area (Å²) < 4.78 is 5.75. The fourth-order valence-electron chi connectivity index (χ4n) is 4.29. The van der Waals surface area contributed by atoms with E-state index in [0.29, 0.717) is 6.54 Å². The lowest BCUT2D eigenvalue weighted by molar-refractivity contribution is -0.00151. The maximum Gasteiger partial charge on any atom is 0.429 e. The number of carbonyl (C=O) groups is 1. The monoisotopic (exact) mass is 446 g/mol. The molecule has 1 amide bonds. The summed E-state index contributed by atoms with van der Waals surface area (Å²) in [7, 11) is 0. The van der Waals surface area contributed by atoms with Crippen molar-refractivity contribution in [1.29, 1.82) is 0 Å². The van der Waals surface area contributed by atoms with Crippen molar-refractivity contribution in [2.45, 2.75) is 19.2 Å². The number of benzene rings is 4. The van der Waals surface area contributed by atoms with Crippen LogP contribution in [0.15, 0.2) is 128 Å². The zero-order valence-electron chi connectivity index (χ0n) is 18.8. The third kappa shape index (κ3) is 4.77. The van der Waals surface area contributed by atoms with Gasteiger partial charge in [0, 0.05) is 18.3 Å². The molecule has 0 spiro atoms. The maximum atomic E-state index is 13.4. The van der Waals surface area contributed by atoms with Crippen LogP contribution in [0, 0.1) is 0 Å². The molecule has 1 atom stereocenters. The topological polar surface area (TPSA) is 32.8 Å². The van der Waals surface area contributed by atoms with Crippen molar-refractivity contribution < 1.29 is 9.53 Å². The Kier molecular flexibility index (Phi) is 6.50. The third-order valence-corrected chi connectivity index (χ3v) is 5.93. The van der Waals surface area contributed by atoms with Crippen molar-refractivity contribution in [3.63, 3.8) is 0 Å². The molecule has 4 nitrogen and oxygen atoms in total. The molecule has 0 saturated carbocycles.